The molecule has 0 aliphatic rings. The fourth-order valence-electron chi connectivity index (χ4n) is 1.98. The van der Waals surface area contributed by atoms with Gasteiger partial charge in [0, 0.05) is 16.1 Å². The first-order valence-electron chi connectivity index (χ1n) is 6.72. The number of hydrogen-bond acceptors (Lipinski definition) is 3. The maximum Gasteiger partial charge on any atom is 0.125 e. The Labute approximate surface area is 133 Å². The molecule has 0 aromatic heterocycles. The van der Waals surface area contributed by atoms with Crippen LogP contribution in [0.15, 0.2) is 46.9 Å². The monoisotopic (exact) mass is 344 g/mol. The van der Waals surface area contributed by atoms with Crippen LogP contribution in [0.4, 0.5) is 0 Å². The van der Waals surface area contributed by atoms with E-state index in [-0.39, 0.29) is 6.04 Å². The second-order valence-electron chi connectivity index (χ2n) is 4.79. The summed E-state index contributed by atoms with van der Waals surface area (Å²) >= 11 is 3.48. The van der Waals surface area contributed by atoms with Gasteiger partial charge in [-0.05, 0) is 43.8 Å². The van der Waals surface area contributed by atoms with Crippen LogP contribution in [0.25, 0.3) is 0 Å². The molecular weight excluding hydrogens is 328 g/mol. The normalized spacial score (nSPS) is 11.7. The van der Waals surface area contributed by atoms with E-state index in [0.717, 1.165) is 21.3 Å². The van der Waals surface area contributed by atoms with E-state index < -0.39 is 0 Å². The van der Waals surface area contributed by atoms with Gasteiger partial charge >= 0.3 is 0 Å². The maximum absolute atomic E-state index is 8.80. The number of nitriles is 1. The van der Waals surface area contributed by atoms with E-state index in [9.17, 15) is 0 Å². The number of nitrogens with one attached hydrogen (secondary N) is 1. The van der Waals surface area contributed by atoms with Crippen molar-refractivity contribution in [3.05, 3.63) is 63.6 Å². The first-order valence-corrected chi connectivity index (χ1v) is 7.52. The van der Waals surface area contributed by atoms with Crippen LogP contribution < -0.4 is 10.1 Å². The Kier molecular flexibility index (Phi) is 5.38. The van der Waals surface area contributed by atoms with Gasteiger partial charge in [-0.1, -0.05) is 34.1 Å². The molecule has 2 aromatic carbocycles. The molecule has 1 atom stereocenters. The molecule has 0 aliphatic carbocycles. The number of nitrogens with zero attached hydrogens (tertiary/aromatic N) is 1. The molecule has 0 bridgehead atoms. The number of benzene rings is 2. The van der Waals surface area contributed by atoms with Crippen molar-refractivity contribution in [2.45, 2.75) is 19.6 Å². The fourth-order valence-corrected chi connectivity index (χ4v) is 2.32. The van der Waals surface area contributed by atoms with E-state index >= 15 is 0 Å². The Morgan fingerprint density at radius 3 is 2.57 bits per heavy atom. The Morgan fingerprint density at radius 2 is 1.95 bits per heavy atom. The van der Waals surface area contributed by atoms with Gasteiger partial charge < -0.3 is 10.1 Å². The van der Waals surface area contributed by atoms with E-state index in [4.69, 9.17) is 10.00 Å². The third kappa shape index (κ3) is 4.07. The molecule has 108 valence electrons. The molecular formula is C17H17BrN2O. The van der Waals surface area contributed by atoms with Gasteiger partial charge in [-0.3, -0.25) is 0 Å². The van der Waals surface area contributed by atoms with Crippen molar-refractivity contribution in [1.82, 2.24) is 5.32 Å². The summed E-state index contributed by atoms with van der Waals surface area (Å²) in [6.07, 6.45) is 0. The fraction of sp³-hybridized carbons (Fsp3) is 0.235. The summed E-state index contributed by atoms with van der Waals surface area (Å²) in [5.41, 5.74) is 2.82. The lowest BCUT2D eigenvalue weighted by Crippen LogP contribution is -2.13. The topological polar surface area (TPSA) is 45.0 Å². The minimum Gasteiger partial charge on any atom is -0.489 e. The molecule has 0 radical (unpaired) electrons. The molecule has 0 saturated carbocycles. The summed E-state index contributed by atoms with van der Waals surface area (Å²) < 4.78 is 6.94. The van der Waals surface area contributed by atoms with Gasteiger partial charge in [-0.2, -0.15) is 5.26 Å². The lowest BCUT2D eigenvalue weighted by Gasteiger charge is -2.17. The van der Waals surface area contributed by atoms with Gasteiger partial charge in [0.05, 0.1) is 11.6 Å². The lowest BCUT2D eigenvalue weighted by atomic mass is 10.1. The maximum atomic E-state index is 8.80. The molecule has 0 aliphatic heterocycles. The van der Waals surface area contributed by atoms with Crippen molar-refractivity contribution in [3.63, 3.8) is 0 Å². The molecule has 0 heterocycles. The second-order valence-corrected chi connectivity index (χ2v) is 5.71. The molecule has 0 spiro atoms. The van der Waals surface area contributed by atoms with Gasteiger partial charge in [-0.15, -0.1) is 0 Å². The highest BCUT2D eigenvalue weighted by Gasteiger charge is 2.10. The first-order chi connectivity index (χ1) is 10.1. The van der Waals surface area contributed by atoms with E-state index in [1.54, 1.807) is 12.1 Å². The standard InChI is InChI=1S/C17H17BrN2O/c1-12(20-2)16-8-7-15(18)9-17(16)21-11-14-5-3-13(10-19)4-6-14/h3-9,12,20H,11H2,1-2H3. The summed E-state index contributed by atoms with van der Waals surface area (Å²) in [5.74, 6) is 0.857. The average Bonchev–Trinajstić information content (AvgIpc) is 2.52. The lowest BCUT2D eigenvalue weighted by molar-refractivity contribution is 0.300. The Bertz CT molecular complexity index is 647. The Morgan fingerprint density at radius 1 is 1.24 bits per heavy atom. The average molecular weight is 345 g/mol. The van der Waals surface area contributed by atoms with Crippen LogP contribution in [-0.4, -0.2) is 7.05 Å². The van der Waals surface area contributed by atoms with Gasteiger partial charge in [0.2, 0.25) is 0 Å². The largest absolute Gasteiger partial charge is 0.489 e. The van der Waals surface area contributed by atoms with Crippen molar-refractivity contribution >= 4 is 15.9 Å². The zero-order valence-electron chi connectivity index (χ0n) is 12.1. The number of halogens is 1. The first kappa shape index (κ1) is 15.6. The van der Waals surface area contributed by atoms with E-state index in [0.29, 0.717) is 12.2 Å². The van der Waals surface area contributed by atoms with Gasteiger partial charge in [0.15, 0.2) is 0 Å². The third-order valence-corrected chi connectivity index (χ3v) is 3.85. The van der Waals surface area contributed by atoms with E-state index in [1.807, 2.05) is 31.3 Å². The zero-order chi connectivity index (χ0) is 15.2. The summed E-state index contributed by atoms with van der Waals surface area (Å²) in [4.78, 5) is 0. The van der Waals surface area contributed by atoms with E-state index in [2.05, 4.69) is 40.3 Å². The van der Waals surface area contributed by atoms with Crippen LogP contribution >= 0.6 is 15.9 Å². The number of rotatable bonds is 5. The number of ether oxygens (including phenoxy) is 1. The SMILES string of the molecule is CNC(C)c1ccc(Br)cc1OCc1ccc(C#N)cc1. The van der Waals surface area contributed by atoms with Crippen molar-refractivity contribution in [3.8, 4) is 11.8 Å². The van der Waals surface area contributed by atoms with Gasteiger partial charge in [0.25, 0.3) is 0 Å². The Hall–Kier alpha value is -1.83. The molecule has 2 rings (SSSR count). The Balaban J connectivity index is 2.15. The number of hydrogen-bond donors (Lipinski definition) is 1. The predicted octanol–water partition coefficient (Wildman–Crippen LogP) is 4.18. The van der Waals surface area contributed by atoms with Crippen LogP contribution in [0.5, 0.6) is 5.75 Å². The summed E-state index contributed by atoms with van der Waals surface area (Å²) in [5, 5.41) is 12.0. The molecule has 4 heteroatoms. The molecule has 0 amide bonds. The van der Waals surface area contributed by atoms with Gasteiger partial charge in [0.1, 0.15) is 12.4 Å². The second kappa shape index (κ2) is 7.26. The molecule has 0 fully saturated rings. The van der Waals surface area contributed by atoms with Crippen molar-refractivity contribution in [2.24, 2.45) is 0 Å². The van der Waals surface area contributed by atoms with Crippen LogP contribution in [0.3, 0.4) is 0 Å². The van der Waals surface area contributed by atoms with Crippen LogP contribution in [0.1, 0.15) is 29.7 Å². The summed E-state index contributed by atoms with van der Waals surface area (Å²) in [6, 6.07) is 15.8. The molecule has 1 unspecified atom stereocenters. The van der Waals surface area contributed by atoms with Crippen molar-refractivity contribution < 1.29 is 4.74 Å². The molecule has 0 saturated heterocycles. The smallest absolute Gasteiger partial charge is 0.125 e. The predicted molar refractivity (Wildman–Crippen MR) is 87.1 cm³/mol. The highest BCUT2D eigenvalue weighted by Crippen LogP contribution is 2.29. The molecule has 21 heavy (non-hydrogen) atoms. The van der Waals surface area contributed by atoms with E-state index in [1.165, 1.54) is 0 Å². The highest BCUT2D eigenvalue weighted by atomic mass is 79.9. The highest BCUT2D eigenvalue weighted by molar-refractivity contribution is 9.10. The van der Waals surface area contributed by atoms with Crippen molar-refractivity contribution in [2.75, 3.05) is 7.05 Å². The third-order valence-electron chi connectivity index (χ3n) is 3.35. The summed E-state index contributed by atoms with van der Waals surface area (Å²) in [7, 11) is 1.93. The van der Waals surface area contributed by atoms with Crippen LogP contribution in [-0.2, 0) is 6.61 Å². The summed E-state index contributed by atoms with van der Waals surface area (Å²) in [6.45, 7) is 2.57. The van der Waals surface area contributed by atoms with Gasteiger partial charge in [-0.25, -0.2) is 0 Å². The molecule has 3 nitrogen and oxygen atoms in total. The minimum absolute atomic E-state index is 0.217. The quantitative estimate of drug-likeness (QED) is 0.884. The van der Waals surface area contributed by atoms with Crippen molar-refractivity contribution in [1.29, 1.82) is 5.26 Å². The molecule has 1 N–H and O–H groups in total. The zero-order valence-corrected chi connectivity index (χ0v) is 13.6. The molecule has 2 aromatic rings. The van der Waals surface area contributed by atoms with Crippen LogP contribution in [0, 0.1) is 11.3 Å². The van der Waals surface area contributed by atoms with Crippen LogP contribution in [0.2, 0.25) is 0 Å². The minimum atomic E-state index is 0.217.